The SMILES string of the molecule is Cn1ccnc1CC1CCN(CCN2CCNC2=O)CC1. The van der Waals surface area contributed by atoms with Crippen LogP contribution < -0.4 is 5.32 Å². The molecule has 0 aliphatic carbocycles. The van der Waals surface area contributed by atoms with Gasteiger partial charge in [0.15, 0.2) is 0 Å². The highest BCUT2D eigenvalue weighted by Gasteiger charge is 2.23. The summed E-state index contributed by atoms with van der Waals surface area (Å²) in [6, 6.07) is 0.0969. The fourth-order valence-corrected chi connectivity index (χ4v) is 3.25. The zero-order valence-corrected chi connectivity index (χ0v) is 12.8. The molecule has 0 spiro atoms. The van der Waals surface area contributed by atoms with E-state index in [-0.39, 0.29) is 6.03 Å². The van der Waals surface area contributed by atoms with Crippen molar-refractivity contribution >= 4 is 6.03 Å². The lowest BCUT2D eigenvalue weighted by molar-refractivity contribution is 0.163. The topological polar surface area (TPSA) is 53.4 Å². The molecule has 3 rings (SSSR count). The number of aryl methyl sites for hydroxylation is 1. The third-order valence-corrected chi connectivity index (χ3v) is 4.73. The van der Waals surface area contributed by atoms with Crippen molar-refractivity contribution in [2.24, 2.45) is 13.0 Å². The van der Waals surface area contributed by atoms with Gasteiger partial charge in [0.1, 0.15) is 5.82 Å². The summed E-state index contributed by atoms with van der Waals surface area (Å²) in [4.78, 5) is 20.3. The lowest BCUT2D eigenvalue weighted by Crippen LogP contribution is -2.41. The van der Waals surface area contributed by atoms with E-state index in [9.17, 15) is 4.79 Å². The number of piperidine rings is 1. The number of carbonyl (C=O) groups excluding carboxylic acids is 1. The lowest BCUT2D eigenvalue weighted by Gasteiger charge is -2.32. The lowest BCUT2D eigenvalue weighted by atomic mass is 9.93. The second kappa shape index (κ2) is 6.47. The van der Waals surface area contributed by atoms with Gasteiger partial charge in [0.05, 0.1) is 0 Å². The Kier molecular flexibility index (Phi) is 4.43. The van der Waals surface area contributed by atoms with Gasteiger partial charge in [-0.1, -0.05) is 0 Å². The average Bonchev–Trinajstić information content (AvgIpc) is 3.08. The van der Waals surface area contributed by atoms with Crippen LogP contribution in [0.25, 0.3) is 0 Å². The number of rotatable bonds is 5. The van der Waals surface area contributed by atoms with Gasteiger partial charge in [-0.25, -0.2) is 9.78 Å². The molecule has 116 valence electrons. The van der Waals surface area contributed by atoms with Gasteiger partial charge in [0, 0.05) is 52.0 Å². The largest absolute Gasteiger partial charge is 0.338 e. The summed E-state index contributed by atoms with van der Waals surface area (Å²) in [5.74, 6) is 1.94. The first-order valence-electron chi connectivity index (χ1n) is 7.93. The Morgan fingerprint density at radius 2 is 2.10 bits per heavy atom. The first-order valence-corrected chi connectivity index (χ1v) is 7.93. The third-order valence-electron chi connectivity index (χ3n) is 4.73. The fraction of sp³-hybridized carbons (Fsp3) is 0.733. The summed E-state index contributed by atoms with van der Waals surface area (Å²) in [6.45, 7) is 5.80. The van der Waals surface area contributed by atoms with Gasteiger partial charge in [-0.3, -0.25) is 0 Å². The van der Waals surface area contributed by atoms with Crippen LogP contribution in [0.3, 0.4) is 0 Å². The zero-order valence-electron chi connectivity index (χ0n) is 12.8. The maximum atomic E-state index is 11.5. The van der Waals surface area contributed by atoms with E-state index in [1.807, 2.05) is 17.3 Å². The van der Waals surface area contributed by atoms with Crippen LogP contribution in [-0.2, 0) is 13.5 Å². The van der Waals surface area contributed by atoms with E-state index < -0.39 is 0 Å². The van der Waals surface area contributed by atoms with Crippen LogP contribution in [0.4, 0.5) is 4.79 Å². The molecule has 2 amide bonds. The van der Waals surface area contributed by atoms with Gasteiger partial charge in [0.25, 0.3) is 0 Å². The molecule has 0 saturated carbocycles. The van der Waals surface area contributed by atoms with E-state index in [4.69, 9.17) is 0 Å². The molecule has 1 N–H and O–H groups in total. The molecule has 2 aliphatic rings. The Bertz CT molecular complexity index is 478. The number of nitrogens with one attached hydrogen (secondary N) is 1. The molecule has 1 aromatic heterocycles. The van der Waals surface area contributed by atoms with E-state index in [2.05, 4.69) is 26.8 Å². The molecule has 0 aromatic carbocycles. The van der Waals surface area contributed by atoms with Crippen molar-refractivity contribution in [1.29, 1.82) is 0 Å². The van der Waals surface area contributed by atoms with Crippen molar-refractivity contribution in [3.8, 4) is 0 Å². The van der Waals surface area contributed by atoms with Crippen LogP contribution in [-0.4, -0.2) is 64.7 Å². The normalized spacial score (nSPS) is 21.0. The molecule has 2 fully saturated rings. The van der Waals surface area contributed by atoms with E-state index >= 15 is 0 Å². The van der Waals surface area contributed by atoms with E-state index in [0.717, 1.165) is 51.6 Å². The quantitative estimate of drug-likeness (QED) is 0.869. The number of nitrogens with zero attached hydrogens (tertiary/aromatic N) is 4. The maximum absolute atomic E-state index is 11.5. The summed E-state index contributed by atoms with van der Waals surface area (Å²) in [7, 11) is 2.07. The minimum Gasteiger partial charge on any atom is -0.338 e. The maximum Gasteiger partial charge on any atom is 0.317 e. The Morgan fingerprint density at radius 1 is 1.29 bits per heavy atom. The first-order chi connectivity index (χ1) is 10.2. The number of hydrogen-bond acceptors (Lipinski definition) is 3. The van der Waals surface area contributed by atoms with E-state index in [1.54, 1.807) is 0 Å². The van der Waals surface area contributed by atoms with E-state index in [1.165, 1.54) is 18.7 Å². The number of imidazole rings is 1. The Balaban J connectivity index is 1.39. The summed E-state index contributed by atoms with van der Waals surface area (Å²) in [5.41, 5.74) is 0. The fourth-order valence-electron chi connectivity index (χ4n) is 3.25. The minimum atomic E-state index is 0.0969. The van der Waals surface area contributed by atoms with Gasteiger partial charge in [-0.2, -0.15) is 0 Å². The molecule has 6 nitrogen and oxygen atoms in total. The number of aromatic nitrogens is 2. The molecular weight excluding hydrogens is 266 g/mol. The smallest absolute Gasteiger partial charge is 0.317 e. The molecule has 2 saturated heterocycles. The van der Waals surface area contributed by atoms with Crippen LogP contribution >= 0.6 is 0 Å². The standard InChI is InChI=1S/C15H25N5O/c1-18-8-4-16-14(18)12-13-2-6-19(7-3-13)10-11-20-9-5-17-15(20)21/h4,8,13H,2-3,5-7,9-12H2,1H3,(H,17,21). The second-order valence-corrected chi connectivity index (χ2v) is 6.16. The number of likely N-dealkylation sites (tertiary alicyclic amines) is 1. The predicted octanol–water partition coefficient (Wildman–Crippen LogP) is 0.700. The van der Waals surface area contributed by atoms with Crippen LogP contribution in [0.15, 0.2) is 12.4 Å². The van der Waals surface area contributed by atoms with Crippen molar-refractivity contribution in [3.63, 3.8) is 0 Å². The molecule has 6 heteroatoms. The van der Waals surface area contributed by atoms with Crippen LogP contribution in [0, 0.1) is 5.92 Å². The number of amides is 2. The molecular formula is C15H25N5O. The van der Waals surface area contributed by atoms with Gasteiger partial charge >= 0.3 is 6.03 Å². The van der Waals surface area contributed by atoms with Crippen molar-refractivity contribution in [1.82, 2.24) is 24.7 Å². The van der Waals surface area contributed by atoms with Crippen LogP contribution in [0.5, 0.6) is 0 Å². The monoisotopic (exact) mass is 291 g/mol. The van der Waals surface area contributed by atoms with Gasteiger partial charge < -0.3 is 19.7 Å². The molecule has 3 heterocycles. The van der Waals surface area contributed by atoms with Crippen LogP contribution in [0.2, 0.25) is 0 Å². The Hall–Kier alpha value is -1.56. The molecule has 1 aromatic rings. The predicted molar refractivity (Wildman–Crippen MR) is 81.0 cm³/mol. The molecule has 0 unspecified atom stereocenters. The van der Waals surface area contributed by atoms with Crippen molar-refractivity contribution in [2.75, 3.05) is 39.3 Å². The van der Waals surface area contributed by atoms with Crippen molar-refractivity contribution in [3.05, 3.63) is 18.2 Å². The summed E-state index contributed by atoms with van der Waals surface area (Å²) >= 11 is 0. The summed E-state index contributed by atoms with van der Waals surface area (Å²) in [5, 5.41) is 2.85. The number of urea groups is 1. The first kappa shape index (κ1) is 14.4. The van der Waals surface area contributed by atoms with Crippen LogP contribution in [0.1, 0.15) is 18.7 Å². The zero-order chi connectivity index (χ0) is 14.7. The molecule has 0 atom stereocenters. The highest BCUT2D eigenvalue weighted by Crippen LogP contribution is 2.20. The summed E-state index contributed by atoms with van der Waals surface area (Å²) in [6.07, 6.45) is 7.46. The molecule has 21 heavy (non-hydrogen) atoms. The van der Waals surface area contributed by atoms with Gasteiger partial charge in [-0.05, 0) is 31.8 Å². The average molecular weight is 291 g/mol. The molecule has 0 bridgehead atoms. The van der Waals surface area contributed by atoms with E-state index in [0.29, 0.717) is 0 Å². The highest BCUT2D eigenvalue weighted by atomic mass is 16.2. The second-order valence-electron chi connectivity index (χ2n) is 6.16. The highest BCUT2D eigenvalue weighted by molar-refractivity contribution is 5.76. The number of carbonyl (C=O) groups is 1. The minimum absolute atomic E-state index is 0.0969. The van der Waals surface area contributed by atoms with Gasteiger partial charge in [-0.15, -0.1) is 0 Å². The molecule has 2 aliphatic heterocycles. The molecule has 0 radical (unpaired) electrons. The van der Waals surface area contributed by atoms with Crippen molar-refractivity contribution < 1.29 is 4.79 Å². The Morgan fingerprint density at radius 3 is 2.71 bits per heavy atom. The third kappa shape index (κ3) is 3.56. The summed E-state index contributed by atoms with van der Waals surface area (Å²) < 4.78 is 2.12. The van der Waals surface area contributed by atoms with Crippen molar-refractivity contribution in [2.45, 2.75) is 19.3 Å². The Labute approximate surface area is 126 Å². The van der Waals surface area contributed by atoms with Gasteiger partial charge in [0.2, 0.25) is 0 Å². The number of hydrogen-bond donors (Lipinski definition) is 1.